The van der Waals surface area contributed by atoms with Crippen molar-refractivity contribution in [3.8, 4) is 0 Å². The molecule has 0 fully saturated rings. The van der Waals surface area contributed by atoms with Gasteiger partial charge >= 0.3 is 0 Å². The second-order valence-corrected chi connectivity index (χ2v) is 9.84. The predicted octanol–water partition coefficient (Wildman–Crippen LogP) is 3.17. The highest BCUT2D eigenvalue weighted by Crippen LogP contribution is 2.15. The molecule has 0 saturated carbocycles. The van der Waals surface area contributed by atoms with Crippen molar-refractivity contribution >= 4 is 29.0 Å². The van der Waals surface area contributed by atoms with E-state index in [0.29, 0.717) is 5.76 Å². The molecule has 3 aromatic carbocycles. The van der Waals surface area contributed by atoms with E-state index in [0.717, 1.165) is 15.6 Å². The van der Waals surface area contributed by atoms with Crippen LogP contribution in [0.1, 0.15) is 10.6 Å². The van der Waals surface area contributed by atoms with Gasteiger partial charge in [-0.1, -0.05) is 91.0 Å². The van der Waals surface area contributed by atoms with Crippen LogP contribution in [0, 0.1) is 0 Å². The summed E-state index contributed by atoms with van der Waals surface area (Å²) in [6, 6.07) is 33.8. The average molecular weight is 354 g/mol. The summed E-state index contributed by atoms with van der Waals surface area (Å²) in [5.74, 6) is 0.410. The number of rotatable bonds is 5. The fraction of sp³-hybridized carbons (Fsp3) is 0. The quantitative estimate of drug-likeness (QED) is 0.407. The molecule has 0 unspecified atom stereocenters. The molecule has 0 atom stereocenters. The Labute approximate surface area is 153 Å². The van der Waals surface area contributed by atoms with Crippen LogP contribution in [0.3, 0.4) is 0 Å². The molecule has 0 aliphatic rings. The Morgan fingerprint density at radius 3 is 1.35 bits per heavy atom. The molecule has 26 heavy (non-hydrogen) atoms. The predicted molar refractivity (Wildman–Crippen MR) is 107 cm³/mol. The van der Waals surface area contributed by atoms with Crippen LogP contribution in [-0.2, 0) is 0 Å². The van der Waals surface area contributed by atoms with E-state index in [1.807, 2.05) is 54.6 Å². The van der Waals surface area contributed by atoms with Gasteiger partial charge in [0.05, 0.1) is 6.26 Å². The zero-order valence-corrected chi connectivity index (χ0v) is 15.2. The standard InChI is InChI=1S/C23H18O2Si/c24-23(22-17-10-18-25-22)26(19-11-4-1-5-12-19,20-13-6-2-7-14-20)21-15-8-3-9-16-21/h1-18H. The molecule has 0 N–H and O–H groups in total. The van der Waals surface area contributed by atoms with Crippen molar-refractivity contribution in [2.45, 2.75) is 0 Å². The second kappa shape index (κ2) is 6.98. The maximum atomic E-state index is 13.9. The molecule has 0 bridgehead atoms. The lowest BCUT2D eigenvalue weighted by Crippen LogP contribution is -2.72. The maximum Gasteiger partial charge on any atom is 0.234 e. The van der Waals surface area contributed by atoms with Crippen molar-refractivity contribution in [1.82, 2.24) is 0 Å². The minimum Gasteiger partial charge on any atom is -0.462 e. The van der Waals surface area contributed by atoms with Gasteiger partial charge in [0.25, 0.3) is 0 Å². The number of carbonyl (C=O) groups is 1. The van der Waals surface area contributed by atoms with Gasteiger partial charge in [-0.25, -0.2) is 0 Å². The monoisotopic (exact) mass is 354 g/mol. The van der Waals surface area contributed by atoms with Crippen LogP contribution in [0.15, 0.2) is 114 Å². The molecule has 3 heteroatoms. The van der Waals surface area contributed by atoms with Gasteiger partial charge in [0, 0.05) is 0 Å². The Bertz CT molecular complexity index is 882. The lowest BCUT2D eigenvalue weighted by molar-refractivity contribution is 0.104. The molecule has 0 radical (unpaired) electrons. The first-order valence-electron chi connectivity index (χ1n) is 8.58. The number of furan rings is 1. The summed E-state index contributed by atoms with van der Waals surface area (Å²) in [7, 11) is -2.96. The largest absolute Gasteiger partial charge is 0.462 e. The van der Waals surface area contributed by atoms with Gasteiger partial charge in [0.2, 0.25) is 8.07 Å². The topological polar surface area (TPSA) is 30.2 Å². The van der Waals surface area contributed by atoms with Crippen LogP contribution in [0.2, 0.25) is 0 Å². The minimum absolute atomic E-state index is 0.0612. The van der Waals surface area contributed by atoms with Gasteiger partial charge in [0.15, 0.2) is 11.2 Å². The van der Waals surface area contributed by atoms with E-state index in [-0.39, 0.29) is 5.41 Å². The zero-order valence-electron chi connectivity index (χ0n) is 14.2. The molecule has 1 aromatic heterocycles. The van der Waals surface area contributed by atoms with Crippen LogP contribution in [-0.4, -0.2) is 13.5 Å². The maximum absolute atomic E-state index is 13.9. The van der Waals surface area contributed by atoms with Crippen molar-refractivity contribution in [1.29, 1.82) is 0 Å². The first-order chi connectivity index (χ1) is 12.8. The molecule has 0 aliphatic heterocycles. The molecule has 126 valence electrons. The van der Waals surface area contributed by atoms with E-state index < -0.39 is 8.07 Å². The Kier molecular flexibility index (Phi) is 4.38. The summed E-state index contributed by atoms with van der Waals surface area (Å²) in [6.07, 6.45) is 1.56. The molecular formula is C23H18O2Si. The molecule has 0 saturated heterocycles. The third-order valence-electron chi connectivity index (χ3n) is 4.71. The SMILES string of the molecule is O=C(c1ccco1)[Si](c1ccccc1)(c1ccccc1)c1ccccc1. The van der Waals surface area contributed by atoms with Gasteiger partial charge in [-0.05, 0) is 27.7 Å². The third-order valence-corrected chi connectivity index (χ3v) is 9.23. The third kappa shape index (κ3) is 2.63. The van der Waals surface area contributed by atoms with Crippen molar-refractivity contribution in [2.75, 3.05) is 0 Å². The number of hydrogen-bond donors (Lipinski definition) is 0. The summed E-state index contributed by atoms with van der Waals surface area (Å²) in [6.45, 7) is 0. The molecular weight excluding hydrogens is 336 g/mol. The molecule has 0 spiro atoms. The average Bonchev–Trinajstić information content (AvgIpc) is 3.26. The summed E-state index contributed by atoms with van der Waals surface area (Å²) >= 11 is 0. The number of carbonyl (C=O) groups excluding carboxylic acids is 1. The van der Waals surface area contributed by atoms with Gasteiger partial charge < -0.3 is 4.42 Å². The summed E-state index contributed by atoms with van der Waals surface area (Å²) < 4.78 is 5.55. The fourth-order valence-electron chi connectivity index (χ4n) is 3.55. The Hall–Kier alpha value is -3.17. The lowest BCUT2D eigenvalue weighted by Gasteiger charge is -2.31. The number of benzene rings is 3. The van der Waals surface area contributed by atoms with E-state index >= 15 is 0 Å². The zero-order chi connectivity index (χ0) is 17.8. The van der Waals surface area contributed by atoms with Crippen LogP contribution < -0.4 is 15.6 Å². The van der Waals surface area contributed by atoms with Gasteiger partial charge in [0.1, 0.15) is 0 Å². The normalized spacial score (nSPS) is 11.2. The van der Waals surface area contributed by atoms with E-state index in [9.17, 15) is 4.79 Å². The smallest absolute Gasteiger partial charge is 0.234 e. The van der Waals surface area contributed by atoms with Crippen molar-refractivity contribution in [3.63, 3.8) is 0 Å². The van der Waals surface area contributed by atoms with Crippen LogP contribution in [0.25, 0.3) is 0 Å². The van der Waals surface area contributed by atoms with Crippen molar-refractivity contribution < 1.29 is 9.21 Å². The molecule has 4 rings (SSSR count). The fourth-order valence-corrected chi connectivity index (χ4v) is 7.93. The van der Waals surface area contributed by atoms with Gasteiger partial charge in [-0.15, -0.1) is 0 Å². The van der Waals surface area contributed by atoms with Gasteiger partial charge in [-0.3, -0.25) is 4.79 Å². The van der Waals surface area contributed by atoms with E-state index in [1.54, 1.807) is 18.4 Å². The molecule has 1 heterocycles. The summed E-state index contributed by atoms with van der Waals surface area (Å²) in [5.41, 5.74) is 0. The highest BCUT2D eigenvalue weighted by molar-refractivity contribution is 7.31. The molecule has 2 nitrogen and oxygen atoms in total. The molecule has 0 amide bonds. The lowest BCUT2D eigenvalue weighted by atomic mass is 10.3. The van der Waals surface area contributed by atoms with Crippen molar-refractivity contribution in [3.05, 3.63) is 115 Å². The first-order valence-corrected chi connectivity index (χ1v) is 10.6. The Morgan fingerprint density at radius 1 is 0.577 bits per heavy atom. The molecule has 0 aliphatic carbocycles. The minimum atomic E-state index is -2.96. The Balaban J connectivity index is 2.09. The molecule has 4 aromatic rings. The van der Waals surface area contributed by atoms with E-state index in [1.165, 1.54) is 0 Å². The van der Waals surface area contributed by atoms with Crippen LogP contribution in [0.4, 0.5) is 0 Å². The van der Waals surface area contributed by atoms with Crippen LogP contribution >= 0.6 is 0 Å². The highest BCUT2D eigenvalue weighted by Gasteiger charge is 2.48. The summed E-state index contributed by atoms with van der Waals surface area (Å²) in [5, 5.41) is 3.22. The van der Waals surface area contributed by atoms with E-state index in [4.69, 9.17) is 4.42 Å². The van der Waals surface area contributed by atoms with Crippen LogP contribution in [0.5, 0.6) is 0 Å². The van der Waals surface area contributed by atoms with E-state index in [2.05, 4.69) is 36.4 Å². The van der Waals surface area contributed by atoms with Crippen molar-refractivity contribution in [2.24, 2.45) is 0 Å². The highest BCUT2D eigenvalue weighted by atomic mass is 28.3. The number of hydrogen-bond acceptors (Lipinski definition) is 2. The Morgan fingerprint density at radius 2 is 1.00 bits per heavy atom. The second-order valence-electron chi connectivity index (χ2n) is 6.15. The van der Waals surface area contributed by atoms with Gasteiger partial charge in [-0.2, -0.15) is 0 Å². The first kappa shape index (κ1) is 16.3. The summed E-state index contributed by atoms with van der Waals surface area (Å²) in [4.78, 5) is 13.9.